The predicted molar refractivity (Wildman–Crippen MR) is 61.6 cm³/mol. The number of hydrogen-bond acceptors (Lipinski definition) is 3. The smallest absolute Gasteiger partial charge is 0.0853 e. The average Bonchev–Trinajstić information content (AvgIpc) is 2.45. The van der Waals surface area contributed by atoms with Crippen molar-refractivity contribution in [1.82, 2.24) is 5.32 Å². The van der Waals surface area contributed by atoms with Crippen LogP contribution in [0.5, 0.6) is 0 Å². The Morgan fingerprint density at radius 1 is 1.40 bits per heavy atom. The van der Waals surface area contributed by atoms with E-state index >= 15 is 0 Å². The van der Waals surface area contributed by atoms with Crippen molar-refractivity contribution in [2.45, 2.75) is 75.6 Å². The van der Waals surface area contributed by atoms with Crippen LogP contribution in [0.4, 0.5) is 0 Å². The zero-order chi connectivity index (χ0) is 11.1. The predicted octanol–water partition coefficient (Wildman–Crippen LogP) is 1.15. The Kier molecular flexibility index (Phi) is 2.82. The van der Waals surface area contributed by atoms with Gasteiger partial charge in [-0.25, -0.2) is 0 Å². The van der Waals surface area contributed by atoms with Gasteiger partial charge < -0.3 is 16.2 Å². The Balaban J connectivity index is 2.12. The molecule has 3 atom stereocenters. The molecule has 0 amide bonds. The van der Waals surface area contributed by atoms with E-state index < -0.39 is 11.1 Å². The van der Waals surface area contributed by atoms with Crippen LogP contribution in [0.15, 0.2) is 0 Å². The second-order valence-electron chi connectivity index (χ2n) is 5.75. The van der Waals surface area contributed by atoms with E-state index in [1.807, 2.05) is 6.92 Å². The maximum absolute atomic E-state index is 10.7. The molecule has 2 rings (SSSR count). The summed E-state index contributed by atoms with van der Waals surface area (Å²) in [5, 5.41) is 14.3. The fourth-order valence-electron chi connectivity index (χ4n) is 3.34. The number of hydrogen-bond donors (Lipinski definition) is 3. The number of nitrogens with one attached hydrogen (secondary N) is 1. The lowest BCUT2D eigenvalue weighted by Crippen LogP contribution is -2.64. The molecule has 0 aromatic rings. The first-order chi connectivity index (χ1) is 6.97. The van der Waals surface area contributed by atoms with Crippen LogP contribution in [0.25, 0.3) is 0 Å². The molecule has 3 unspecified atom stereocenters. The summed E-state index contributed by atoms with van der Waals surface area (Å²) < 4.78 is 0. The molecular weight excluding hydrogens is 188 g/mol. The van der Waals surface area contributed by atoms with Gasteiger partial charge in [-0.3, -0.25) is 0 Å². The molecule has 2 saturated heterocycles. The van der Waals surface area contributed by atoms with Crippen LogP contribution >= 0.6 is 0 Å². The summed E-state index contributed by atoms with van der Waals surface area (Å²) in [5.41, 5.74) is 5.23. The van der Waals surface area contributed by atoms with Crippen LogP contribution < -0.4 is 11.1 Å². The summed E-state index contributed by atoms with van der Waals surface area (Å²) >= 11 is 0. The minimum atomic E-state index is -0.653. The highest BCUT2D eigenvalue weighted by Crippen LogP contribution is 2.40. The highest BCUT2D eigenvalue weighted by atomic mass is 16.3. The van der Waals surface area contributed by atoms with Gasteiger partial charge in [0.05, 0.1) is 5.60 Å². The second-order valence-corrected chi connectivity index (χ2v) is 5.75. The first kappa shape index (κ1) is 11.4. The molecule has 0 aliphatic carbocycles. The maximum atomic E-state index is 10.7. The topological polar surface area (TPSA) is 58.3 Å². The number of rotatable bonds is 3. The lowest BCUT2D eigenvalue weighted by molar-refractivity contribution is -0.0688. The van der Waals surface area contributed by atoms with Crippen molar-refractivity contribution >= 4 is 0 Å². The van der Waals surface area contributed by atoms with Crippen molar-refractivity contribution in [3.8, 4) is 0 Å². The highest BCUT2D eigenvalue weighted by molar-refractivity contribution is 5.09. The Morgan fingerprint density at radius 2 is 1.93 bits per heavy atom. The second kappa shape index (κ2) is 3.72. The molecule has 15 heavy (non-hydrogen) atoms. The minimum absolute atomic E-state index is 0.426. The summed E-state index contributed by atoms with van der Waals surface area (Å²) in [6.07, 6.45) is 6.01. The molecule has 0 spiro atoms. The van der Waals surface area contributed by atoms with Gasteiger partial charge in [0.2, 0.25) is 0 Å². The van der Waals surface area contributed by atoms with Gasteiger partial charge in [-0.05, 0) is 39.0 Å². The largest absolute Gasteiger partial charge is 0.388 e. The zero-order valence-corrected chi connectivity index (χ0v) is 9.92. The number of aliphatic hydroxyl groups is 1. The van der Waals surface area contributed by atoms with Gasteiger partial charge in [0.1, 0.15) is 0 Å². The lowest BCUT2D eigenvalue weighted by atomic mass is 9.71. The molecule has 2 heterocycles. The Labute approximate surface area is 92.4 Å². The zero-order valence-electron chi connectivity index (χ0n) is 9.92. The normalized spacial score (nSPS) is 44.0. The summed E-state index contributed by atoms with van der Waals surface area (Å²) in [5.74, 6) is 0. The molecule has 4 N–H and O–H groups in total. The molecule has 2 fully saturated rings. The Bertz CT molecular complexity index is 228. The summed E-state index contributed by atoms with van der Waals surface area (Å²) in [6.45, 7) is 4.14. The summed E-state index contributed by atoms with van der Waals surface area (Å²) in [7, 11) is 0. The lowest BCUT2D eigenvalue weighted by Gasteiger charge is -2.47. The van der Waals surface area contributed by atoms with Gasteiger partial charge >= 0.3 is 0 Å². The average molecular weight is 212 g/mol. The van der Waals surface area contributed by atoms with Crippen LogP contribution in [0.3, 0.4) is 0 Å². The maximum Gasteiger partial charge on any atom is 0.0853 e. The van der Waals surface area contributed by atoms with Crippen molar-refractivity contribution in [2.75, 3.05) is 0 Å². The molecule has 2 aliphatic heterocycles. The SMILES string of the molecule is CCCC(C)(N)C1(O)CC2CCC(C1)N2. The van der Waals surface area contributed by atoms with Crippen molar-refractivity contribution < 1.29 is 5.11 Å². The molecule has 2 bridgehead atoms. The molecule has 3 nitrogen and oxygen atoms in total. The number of fused-ring (bicyclic) bond motifs is 2. The molecule has 3 heteroatoms. The van der Waals surface area contributed by atoms with E-state index in [9.17, 15) is 5.11 Å². The van der Waals surface area contributed by atoms with Gasteiger partial charge in [-0.2, -0.15) is 0 Å². The van der Waals surface area contributed by atoms with Gasteiger partial charge in [-0.1, -0.05) is 13.3 Å². The molecule has 0 aromatic carbocycles. The molecule has 88 valence electrons. The summed E-state index contributed by atoms with van der Waals surface area (Å²) in [6, 6.07) is 0.988. The van der Waals surface area contributed by atoms with Crippen molar-refractivity contribution in [1.29, 1.82) is 0 Å². The standard InChI is InChI=1S/C12H24N2O/c1-3-6-11(2,13)12(15)7-9-4-5-10(8-12)14-9/h9-10,14-15H,3-8,13H2,1-2H3. The van der Waals surface area contributed by atoms with E-state index in [1.54, 1.807) is 0 Å². The Hall–Kier alpha value is -0.120. The highest BCUT2D eigenvalue weighted by Gasteiger charge is 2.50. The fraction of sp³-hybridized carbons (Fsp3) is 1.00. The molecule has 0 saturated carbocycles. The third kappa shape index (κ3) is 1.93. The molecule has 0 aromatic heterocycles. The van der Waals surface area contributed by atoms with E-state index in [4.69, 9.17) is 5.73 Å². The first-order valence-corrected chi connectivity index (χ1v) is 6.24. The molecule has 2 aliphatic rings. The third-order valence-electron chi connectivity index (χ3n) is 4.34. The van der Waals surface area contributed by atoms with Crippen LogP contribution in [0.2, 0.25) is 0 Å². The van der Waals surface area contributed by atoms with E-state index in [0.717, 1.165) is 25.7 Å². The van der Waals surface area contributed by atoms with Gasteiger partial charge in [0.25, 0.3) is 0 Å². The first-order valence-electron chi connectivity index (χ1n) is 6.24. The Morgan fingerprint density at radius 3 is 2.40 bits per heavy atom. The van der Waals surface area contributed by atoms with E-state index in [0.29, 0.717) is 12.1 Å². The van der Waals surface area contributed by atoms with Crippen molar-refractivity contribution in [2.24, 2.45) is 5.73 Å². The molecular formula is C12H24N2O. The van der Waals surface area contributed by atoms with Gasteiger partial charge in [0.15, 0.2) is 0 Å². The van der Waals surface area contributed by atoms with Crippen molar-refractivity contribution in [3.05, 3.63) is 0 Å². The quantitative estimate of drug-likeness (QED) is 0.658. The minimum Gasteiger partial charge on any atom is -0.388 e. The van der Waals surface area contributed by atoms with Crippen LogP contribution in [0.1, 0.15) is 52.4 Å². The van der Waals surface area contributed by atoms with Gasteiger partial charge in [0, 0.05) is 17.6 Å². The van der Waals surface area contributed by atoms with Gasteiger partial charge in [-0.15, -0.1) is 0 Å². The van der Waals surface area contributed by atoms with E-state index in [2.05, 4.69) is 12.2 Å². The van der Waals surface area contributed by atoms with Crippen molar-refractivity contribution in [3.63, 3.8) is 0 Å². The number of piperidine rings is 1. The number of nitrogens with two attached hydrogens (primary N) is 1. The summed E-state index contributed by atoms with van der Waals surface area (Å²) in [4.78, 5) is 0. The fourth-order valence-corrected chi connectivity index (χ4v) is 3.34. The van der Waals surface area contributed by atoms with Crippen LogP contribution in [-0.4, -0.2) is 28.3 Å². The van der Waals surface area contributed by atoms with E-state index in [-0.39, 0.29) is 0 Å². The van der Waals surface area contributed by atoms with Crippen LogP contribution in [-0.2, 0) is 0 Å². The van der Waals surface area contributed by atoms with Crippen LogP contribution in [0, 0.1) is 0 Å². The molecule has 0 radical (unpaired) electrons. The van der Waals surface area contributed by atoms with E-state index in [1.165, 1.54) is 12.8 Å². The monoisotopic (exact) mass is 212 g/mol. The third-order valence-corrected chi connectivity index (χ3v) is 4.34.